The van der Waals surface area contributed by atoms with Crippen molar-refractivity contribution >= 4 is 59.0 Å². The minimum Gasteiger partial charge on any atom is -0.415 e. The summed E-state index contributed by atoms with van der Waals surface area (Å²) >= 11 is 0. The minimum atomic E-state index is -3.78. The number of alkyl halides is 2. The monoisotopic (exact) mass is 869 g/mol. The zero-order chi connectivity index (χ0) is 43.5. The highest BCUT2D eigenvalue weighted by atomic mass is 32.2. The molecule has 0 atom stereocenters. The highest BCUT2D eigenvalue weighted by Gasteiger charge is 2.27. The third kappa shape index (κ3) is 8.87. The maximum atomic E-state index is 14.9. The molecular weight excluding hydrogens is 831 g/mol. The van der Waals surface area contributed by atoms with Crippen LogP contribution in [0.1, 0.15) is 47.6 Å². The number of para-hydroxylation sites is 2. The fraction of sp³-hybridized carbons (Fsp3) is 0.256. The first-order chi connectivity index (χ1) is 28.5. The summed E-state index contributed by atoms with van der Waals surface area (Å²) in [5.41, 5.74) is 7.82. The molecule has 0 saturated heterocycles. The Morgan fingerprint density at radius 3 is 1.68 bits per heavy atom. The lowest BCUT2D eigenvalue weighted by Gasteiger charge is -2.25. The van der Waals surface area contributed by atoms with Crippen molar-refractivity contribution in [3.05, 3.63) is 119 Å². The molecular formula is C39H39F4N9O6S2. The minimum absolute atomic E-state index is 0.0820. The van der Waals surface area contributed by atoms with Crippen molar-refractivity contribution in [1.82, 2.24) is 29.8 Å². The second-order valence-corrected chi connectivity index (χ2v) is 17.6. The van der Waals surface area contributed by atoms with Gasteiger partial charge in [0.25, 0.3) is 5.89 Å². The molecule has 0 radical (unpaired) electrons. The summed E-state index contributed by atoms with van der Waals surface area (Å²) in [5, 5.41) is 16.6. The van der Waals surface area contributed by atoms with Crippen molar-refractivity contribution in [2.24, 2.45) is 19.8 Å². The number of benzene rings is 4. The largest absolute Gasteiger partial charge is 0.415 e. The predicted octanol–water partition coefficient (Wildman–Crippen LogP) is 6.27. The van der Waals surface area contributed by atoms with Gasteiger partial charge >= 0.3 is 6.43 Å². The number of aryl methyl sites for hydroxylation is 2. The summed E-state index contributed by atoms with van der Waals surface area (Å²) in [4.78, 5) is 11.7. The third-order valence-electron chi connectivity index (χ3n) is 9.53. The first-order valence-electron chi connectivity index (χ1n) is 18.2. The van der Waals surface area contributed by atoms with Crippen LogP contribution in [0.5, 0.6) is 0 Å². The Labute approximate surface area is 342 Å². The van der Waals surface area contributed by atoms with Gasteiger partial charge in [0.2, 0.25) is 25.9 Å². The average Bonchev–Trinajstić information content (AvgIpc) is 3.99. The molecule has 0 aliphatic heterocycles. The zero-order valence-corrected chi connectivity index (χ0v) is 34.3. The Morgan fingerprint density at radius 2 is 1.25 bits per heavy atom. The quantitative estimate of drug-likeness (QED) is 0.0958. The van der Waals surface area contributed by atoms with Gasteiger partial charge in [0.15, 0.2) is 5.78 Å². The van der Waals surface area contributed by atoms with E-state index in [9.17, 15) is 39.2 Å². The van der Waals surface area contributed by atoms with Crippen LogP contribution in [0.15, 0.2) is 89.6 Å². The number of hydrogen-bond acceptors (Lipinski definition) is 11. The van der Waals surface area contributed by atoms with Crippen molar-refractivity contribution in [2.45, 2.75) is 33.4 Å². The Hall–Kier alpha value is -6.19. The van der Waals surface area contributed by atoms with Crippen LogP contribution in [-0.2, 0) is 47.2 Å². The molecule has 0 spiro atoms. The van der Waals surface area contributed by atoms with E-state index in [1.54, 1.807) is 66.2 Å². The molecule has 7 rings (SSSR count). The van der Waals surface area contributed by atoms with Gasteiger partial charge in [-0.05, 0) is 44.2 Å². The molecule has 60 heavy (non-hydrogen) atoms. The van der Waals surface area contributed by atoms with Gasteiger partial charge in [-0.2, -0.15) is 19.0 Å². The molecule has 3 heterocycles. The predicted molar refractivity (Wildman–Crippen MR) is 217 cm³/mol. The molecule has 0 amide bonds. The van der Waals surface area contributed by atoms with Gasteiger partial charge < -0.3 is 10.2 Å². The van der Waals surface area contributed by atoms with Crippen molar-refractivity contribution in [3.8, 4) is 11.5 Å². The number of ketones is 1. The normalized spacial score (nSPS) is 11.9. The van der Waals surface area contributed by atoms with Crippen LogP contribution >= 0.6 is 0 Å². The number of rotatable bonds is 14. The van der Waals surface area contributed by atoms with E-state index in [-0.39, 0.29) is 65.1 Å². The van der Waals surface area contributed by atoms with Gasteiger partial charge in [0, 0.05) is 47.1 Å². The Morgan fingerprint density at radius 1 is 0.750 bits per heavy atom. The highest BCUT2D eigenvalue weighted by molar-refractivity contribution is 7.93. The Balaban J connectivity index is 0.000000203. The van der Waals surface area contributed by atoms with Crippen LogP contribution in [0, 0.1) is 11.6 Å². The number of hydrogen-bond donors (Lipinski definition) is 1. The lowest BCUT2D eigenvalue weighted by Crippen LogP contribution is -2.32. The Kier molecular flexibility index (Phi) is 12.7. The number of fused-ring (bicyclic) bond motifs is 2. The smallest absolute Gasteiger partial charge is 0.314 e. The summed E-state index contributed by atoms with van der Waals surface area (Å²) in [6.45, 7) is 2.33. The summed E-state index contributed by atoms with van der Waals surface area (Å²) in [5.74, 6) is -3.26. The Bertz CT molecular complexity index is 2920. The number of Topliss-reactive ketones (excluding diaryl/α,β-unsaturated/α-hetero) is 1. The molecule has 15 nitrogen and oxygen atoms in total. The van der Waals surface area contributed by atoms with Gasteiger partial charge in [-0.15, -0.1) is 10.2 Å². The number of sulfonamides is 2. The molecule has 4 aromatic carbocycles. The van der Waals surface area contributed by atoms with E-state index in [1.807, 2.05) is 6.07 Å². The van der Waals surface area contributed by atoms with Crippen molar-refractivity contribution in [1.29, 1.82) is 0 Å². The second-order valence-electron chi connectivity index (χ2n) is 13.3. The van der Waals surface area contributed by atoms with Gasteiger partial charge in [0.1, 0.15) is 11.6 Å². The molecule has 3 aromatic heterocycles. The van der Waals surface area contributed by atoms with E-state index in [1.165, 1.54) is 42.4 Å². The summed E-state index contributed by atoms with van der Waals surface area (Å²) in [6.07, 6.45) is 0.315. The second kappa shape index (κ2) is 17.6. The number of aromatic nitrogens is 6. The molecule has 0 aliphatic carbocycles. The summed E-state index contributed by atoms with van der Waals surface area (Å²) in [7, 11) is -4.08. The van der Waals surface area contributed by atoms with E-state index in [0.29, 0.717) is 22.4 Å². The van der Waals surface area contributed by atoms with Crippen molar-refractivity contribution < 1.29 is 43.6 Å². The molecule has 0 bridgehead atoms. The van der Waals surface area contributed by atoms with E-state index < -0.39 is 44.0 Å². The van der Waals surface area contributed by atoms with Crippen LogP contribution in [-0.4, -0.2) is 70.4 Å². The van der Waals surface area contributed by atoms with E-state index in [0.717, 1.165) is 27.2 Å². The zero-order valence-electron chi connectivity index (χ0n) is 32.6. The molecule has 0 aliphatic rings. The van der Waals surface area contributed by atoms with Crippen LogP contribution in [0.4, 0.5) is 28.9 Å². The molecule has 0 fully saturated rings. The SMILES string of the molecule is CCS(=O)(=O)N(Cc1ccc(-c2nnc(C(F)F)o2)cc1F)c1cccc2cnn(C)c12.CCS(=O)(=O)N(Cc1ccc(C(=O)CN)cc1F)c1cccc2cnn(C)c12. The molecule has 2 N–H and O–H groups in total. The van der Waals surface area contributed by atoms with Gasteiger partial charge in [-0.3, -0.25) is 22.8 Å². The van der Waals surface area contributed by atoms with E-state index in [2.05, 4.69) is 20.4 Å². The number of anilines is 2. The molecule has 0 unspecified atom stereocenters. The van der Waals surface area contributed by atoms with E-state index >= 15 is 0 Å². The molecule has 21 heteroatoms. The topological polar surface area (TPSA) is 192 Å². The maximum Gasteiger partial charge on any atom is 0.314 e. The van der Waals surface area contributed by atoms with Crippen LogP contribution in [0.3, 0.4) is 0 Å². The number of nitrogens with two attached hydrogens (primary N) is 1. The summed E-state index contributed by atoms with van der Waals surface area (Å²) < 4.78 is 117. The highest BCUT2D eigenvalue weighted by Crippen LogP contribution is 2.33. The lowest BCUT2D eigenvalue weighted by molar-refractivity contribution is 0.100. The van der Waals surface area contributed by atoms with Crippen LogP contribution in [0.2, 0.25) is 0 Å². The van der Waals surface area contributed by atoms with Gasteiger partial charge in [-0.1, -0.05) is 42.5 Å². The molecule has 0 saturated carbocycles. The van der Waals surface area contributed by atoms with E-state index in [4.69, 9.17) is 10.2 Å². The van der Waals surface area contributed by atoms with Gasteiger partial charge in [0.05, 0.1) is 65.9 Å². The first kappa shape index (κ1) is 43.4. The number of halogens is 4. The molecule has 7 aromatic rings. The number of carbonyl (C=O) groups is 1. The first-order valence-corrected chi connectivity index (χ1v) is 21.5. The van der Waals surface area contributed by atoms with Crippen LogP contribution in [0.25, 0.3) is 33.3 Å². The van der Waals surface area contributed by atoms with Crippen LogP contribution < -0.4 is 14.3 Å². The fourth-order valence-electron chi connectivity index (χ4n) is 6.33. The standard InChI is InChI=1S/C20H18F3N5O3S.C19H21FN4O3S/c1-3-32(29,30)28(16-6-4-5-13-10-24-27(2)17(13)16)11-14-8-7-12(9-15(14)21)19-25-26-20(31-19)18(22)23;1-3-28(26,27)24(17-6-4-5-14-11-22-23(2)19(14)17)12-15-8-7-13(9-16(15)20)18(25)10-21/h4-10,18H,3,11H2,1-2H3;4-9,11H,3,10,12,21H2,1-2H3. The molecule has 316 valence electrons. The average molecular weight is 870 g/mol. The number of nitrogens with zero attached hydrogens (tertiary/aromatic N) is 8. The lowest BCUT2D eigenvalue weighted by atomic mass is 10.1. The fourth-order valence-corrected chi connectivity index (χ4v) is 8.52. The van der Waals surface area contributed by atoms with Gasteiger partial charge in [-0.25, -0.2) is 25.6 Å². The number of carbonyl (C=O) groups excluding carboxylic acids is 1. The van der Waals surface area contributed by atoms with Crippen molar-refractivity contribution in [2.75, 3.05) is 26.7 Å². The van der Waals surface area contributed by atoms with Crippen molar-refractivity contribution in [3.63, 3.8) is 0 Å². The third-order valence-corrected chi connectivity index (χ3v) is 13.0. The summed E-state index contributed by atoms with van der Waals surface area (Å²) in [6, 6.07) is 18.1. The maximum absolute atomic E-state index is 14.9.